The van der Waals surface area contributed by atoms with Gasteiger partial charge in [-0.25, -0.2) is 19.0 Å². The molecule has 21 nitrogen and oxygen atoms in total. The molecule has 0 bridgehead atoms. The lowest BCUT2D eigenvalue weighted by molar-refractivity contribution is -0.664. The van der Waals surface area contributed by atoms with Crippen molar-refractivity contribution < 1.29 is 57.4 Å². The molecule has 3 aromatic heterocycles. The van der Waals surface area contributed by atoms with Crippen molar-refractivity contribution >= 4 is 75.3 Å². The van der Waals surface area contributed by atoms with E-state index in [1.807, 2.05) is 27.5 Å². The number of ether oxygens (including phenoxy) is 4. The molecule has 348 valence electrons. The monoisotopic (exact) mass is 937 g/mol. The van der Waals surface area contributed by atoms with Crippen LogP contribution < -0.4 is 25.3 Å². The zero-order chi connectivity index (χ0) is 47.1. The normalized spacial score (nSPS) is 16.8. The molecule has 4 aromatic rings. The molecular weight excluding hydrogens is 885 g/mol. The molecule has 5 heterocycles. The second-order valence-corrected chi connectivity index (χ2v) is 18.6. The minimum atomic E-state index is -1.08. The zero-order valence-electron chi connectivity index (χ0n) is 37.3. The number of carbonyl (C=O) groups excluding carboxylic acids is 5. The largest absolute Gasteiger partial charge is 0.497 e. The number of nitrogens with zero attached hydrogens (tertiary/aromatic N) is 7. The Kier molecular flexibility index (Phi) is 15.3. The quantitative estimate of drug-likeness (QED) is 0.0295. The van der Waals surface area contributed by atoms with E-state index in [4.69, 9.17) is 23.8 Å². The van der Waals surface area contributed by atoms with E-state index >= 15 is 0 Å². The number of carbonyl (C=O) groups is 5. The first-order valence-electron chi connectivity index (χ1n) is 20.6. The number of esters is 1. The number of aliphatic hydroxyl groups excluding tert-OH is 1. The molecule has 0 spiro atoms. The summed E-state index contributed by atoms with van der Waals surface area (Å²) in [7, 11) is 1.55. The summed E-state index contributed by atoms with van der Waals surface area (Å²) in [6.45, 7) is 12.6. The van der Waals surface area contributed by atoms with Crippen molar-refractivity contribution in [1.29, 1.82) is 0 Å². The molecule has 1 fully saturated rings. The summed E-state index contributed by atoms with van der Waals surface area (Å²) in [5.41, 5.74) is 0.886. The van der Waals surface area contributed by atoms with Crippen LogP contribution in [0, 0.1) is 0 Å². The summed E-state index contributed by atoms with van der Waals surface area (Å²) in [6.07, 6.45) is 1.53. The number of imidazole rings is 1. The number of hydrogen-bond donors (Lipinski definition) is 4. The summed E-state index contributed by atoms with van der Waals surface area (Å²) >= 11 is 2.14. The van der Waals surface area contributed by atoms with Gasteiger partial charge in [-0.2, -0.15) is 9.36 Å². The molecule has 23 heteroatoms. The number of rotatable bonds is 17. The number of anilines is 1. The maximum absolute atomic E-state index is 14.1. The average molecular weight is 938 g/mol. The summed E-state index contributed by atoms with van der Waals surface area (Å²) in [6, 6.07) is 9.65. The smallest absolute Gasteiger partial charge is 0.414 e. The van der Waals surface area contributed by atoms with Crippen molar-refractivity contribution in [3.8, 4) is 5.75 Å². The predicted molar refractivity (Wildman–Crippen MR) is 238 cm³/mol. The Morgan fingerprint density at radius 2 is 1.77 bits per heavy atom. The van der Waals surface area contributed by atoms with Crippen molar-refractivity contribution in [2.45, 2.75) is 103 Å². The van der Waals surface area contributed by atoms with Crippen LogP contribution in [0.4, 0.5) is 14.7 Å². The molecule has 6 rings (SSSR count). The van der Waals surface area contributed by atoms with Crippen molar-refractivity contribution in [2.75, 3.05) is 31.3 Å². The molecule has 0 saturated carbocycles. The predicted octanol–water partition coefficient (Wildman–Crippen LogP) is 3.64. The first-order valence-corrected chi connectivity index (χ1v) is 22.5. The number of thioether (sulfide) groups is 1. The number of methoxy groups -OCH3 is 1. The molecule has 0 aliphatic carbocycles. The van der Waals surface area contributed by atoms with Gasteiger partial charge in [0.1, 0.15) is 59.3 Å². The summed E-state index contributed by atoms with van der Waals surface area (Å²) in [5.74, 6) is -1.36. The Morgan fingerprint density at radius 3 is 2.46 bits per heavy atom. The zero-order valence-corrected chi connectivity index (χ0v) is 38.9. The van der Waals surface area contributed by atoms with Gasteiger partial charge in [0.15, 0.2) is 0 Å². The molecule has 3 atom stereocenters. The minimum Gasteiger partial charge on any atom is -0.497 e. The summed E-state index contributed by atoms with van der Waals surface area (Å²) in [5, 5.41) is 21.7. The Bertz CT molecular complexity index is 2460. The Labute approximate surface area is 383 Å². The Morgan fingerprint density at radius 1 is 1.05 bits per heavy atom. The lowest BCUT2D eigenvalue weighted by atomic mass is 10.0. The first-order chi connectivity index (χ1) is 30.8. The number of amides is 4. The van der Waals surface area contributed by atoms with Gasteiger partial charge in [-0.05, 0) is 89.7 Å². The fraction of sp³-hybridized carbons (Fsp3) is 0.476. The number of hydrogen-bond acceptors (Lipinski definition) is 17. The molecule has 2 aliphatic heterocycles. The van der Waals surface area contributed by atoms with Gasteiger partial charge in [-0.3, -0.25) is 19.8 Å². The van der Waals surface area contributed by atoms with Crippen LogP contribution in [0.25, 0.3) is 11.2 Å². The molecule has 1 saturated heterocycles. The minimum absolute atomic E-state index is 0.00637. The third-order valence-corrected chi connectivity index (χ3v) is 11.4. The fourth-order valence-electron chi connectivity index (χ4n) is 6.51. The topological polar surface area (TPSA) is 251 Å². The maximum atomic E-state index is 14.1. The van der Waals surface area contributed by atoms with Crippen molar-refractivity contribution in [1.82, 2.24) is 34.4 Å². The molecule has 4 N–H and O–H groups in total. The van der Waals surface area contributed by atoms with E-state index in [0.717, 1.165) is 17.0 Å². The van der Waals surface area contributed by atoms with Gasteiger partial charge in [-0.1, -0.05) is 17.3 Å². The number of alkyl carbamates (subject to hydrolysis) is 1. The molecule has 0 radical (unpaired) electrons. The number of fused-ring (bicyclic) bond motifs is 2. The lowest BCUT2D eigenvalue weighted by Crippen LogP contribution is -2.71. The van der Waals surface area contributed by atoms with E-state index in [0.29, 0.717) is 35.5 Å². The van der Waals surface area contributed by atoms with Crippen LogP contribution in [0.2, 0.25) is 0 Å². The number of nitrogens with one attached hydrogen (secondary N) is 3. The van der Waals surface area contributed by atoms with Crippen LogP contribution in [0.1, 0.15) is 66.3 Å². The van der Waals surface area contributed by atoms with Gasteiger partial charge >= 0.3 is 23.8 Å². The lowest BCUT2D eigenvalue weighted by Gasteiger charge is -2.49. The highest BCUT2D eigenvalue weighted by Crippen LogP contribution is 2.41. The number of benzene rings is 1. The van der Waals surface area contributed by atoms with Crippen LogP contribution in [0.5, 0.6) is 5.75 Å². The van der Waals surface area contributed by atoms with Crippen LogP contribution in [-0.4, -0.2) is 119 Å². The second-order valence-electron chi connectivity index (χ2n) is 16.8. The van der Waals surface area contributed by atoms with E-state index in [1.54, 1.807) is 86.2 Å². The third kappa shape index (κ3) is 12.5. The average Bonchev–Trinajstić information content (AvgIpc) is 3.89. The van der Waals surface area contributed by atoms with E-state index < -0.39 is 58.7 Å². The Balaban J connectivity index is 1.20. The highest BCUT2D eigenvalue weighted by atomic mass is 32.2. The molecule has 2 aliphatic rings. The SMILES string of the molecule is CCON=C(C(=O)NC1C(=O)N2C(C(=O)OCc3ccc(OC)cc3)=C(C[n+]3cccc4c3ncn4CCC(O)CNC(=O)OC(C)(C)C)CSC12)c1nsc(NC(=O)OC(C)(C)C)n1. The van der Waals surface area contributed by atoms with Crippen molar-refractivity contribution in [3.63, 3.8) is 0 Å². The second kappa shape index (κ2) is 20.7. The van der Waals surface area contributed by atoms with Crippen molar-refractivity contribution in [2.24, 2.45) is 5.16 Å². The molecule has 3 unspecified atom stereocenters. The number of aliphatic hydroxyl groups is 1. The van der Waals surface area contributed by atoms with Crippen LogP contribution in [0.15, 0.2) is 65.3 Å². The van der Waals surface area contributed by atoms with E-state index in [2.05, 4.69) is 35.4 Å². The van der Waals surface area contributed by atoms with Gasteiger partial charge in [0.2, 0.25) is 23.0 Å². The van der Waals surface area contributed by atoms with Gasteiger partial charge in [0.05, 0.1) is 19.4 Å². The standard InChI is InChI=1S/C42H52N10O11S2/c1-9-61-48-29(32-46-38(65-49-32)47-40(58)63-42(5,6)7)34(54)45-30-35(55)52-31(37(56)60-21-24-12-14-27(59-8)15-13-24)25(22-64-36(30)52)20-50-17-10-11-28-33(50)44-23-51(28)18-16-26(53)19-43-39(57)62-41(2,3)4/h10-15,17,23,26,30,36,53H,9,16,18-22H2,1-8H3,(H2-,43,45,46,47,49,54,57,58)/p+1. The maximum Gasteiger partial charge on any atom is 0.414 e. The first kappa shape index (κ1) is 48.1. The van der Waals surface area contributed by atoms with E-state index in [-0.39, 0.29) is 54.4 Å². The summed E-state index contributed by atoms with van der Waals surface area (Å²) in [4.78, 5) is 81.8. The van der Waals surface area contributed by atoms with Crippen molar-refractivity contribution in [3.05, 3.63) is 71.6 Å². The van der Waals surface area contributed by atoms with Gasteiger partial charge in [0.25, 0.3) is 11.8 Å². The number of β-lactam (4-membered cyclic amide) rings is 1. The Hall–Kier alpha value is -6.33. The molecule has 1 aromatic carbocycles. The third-order valence-electron chi connectivity index (χ3n) is 9.40. The highest BCUT2D eigenvalue weighted by molar-refractivity contribution is 8.00. The molecule has 4 amide bonds. The number of oxime groups is 1. The van der Waals surface area contributed by atoms with Gasteiger partial charge in [-0.15, -0.1) is 11.8 Å². The molecular formula is C42H53N10O11S2+. The van der Waals surface area contributed by atoms with E-state index in [9.17, 15) is 29.1 Å². The van der Waals surface area contributed by atoms with Crippen LogP contribution in [0.3, 0.4) is 0 Å². The van der Waals surface area contributed by atoms with Crippen LogP contribution >= 0.6 is 23.3 Å². The number of aromatic nitrogens is 5. The van der Waals surface area contributed by atoms with Gasteiger partial charge < -0.3 is 44.1 Å². The highest BCUT2D eigenvalue weighted by Gasteiger charge is 2.55. The van der Waals surface area contributed by atoms with Gasteiger partial charge in [0, 0.05) is 35.9 Å². The van der Waals surface area contributed by atoms with Crippen LogP contribution in [-0.2, 0) is 53.1 Å². The fourth-order valence-corrected chi connectivity index (χ4v) is 8.41. The molecule has 65 heavy (non-hydrogen) atoms. The number of pyridine rings is 1. The number of aryl methyl sites for hydroxylation is 1. The van der Waals surface area contributed by atoms with E-state index in [1.165, 1.54) is 16.7 Å². The summed E-state index contributed by atoms with van der Waals surface area (Å²) < 4.78 is 29.5.